The molecule has 0 saturated carbocycles. The van der Waals surface area contributed by atoms with E-state index in [2.05, 4.69) is 15.3 Å². The van der Waals surface area contributed by atoms with Crippen molar-refractivity contribution in [2.24, 2.45) is 0 Å². The van der Waals surface area contributed by atoms with Crippen molar-refractivity contribution in [1.29, 1.82) is 0 Å². The van der Waals surface area contributed by atoms with E-state index >= 15 is 0 Å². The lowest BCUT2D eigenvalue weighted by molar-refractivity contribution is -0.132. The number of nitrogens with zero attached hydrogens (tertiary/aromatic N) is 4. The first kappa shape index (κ1) is 22.4. The largest absolute Gasteiger partial charge is 0.495 e. The first-order valence-electron chi connectivity index (χ1n) is 11.0. The van der Waals surface area contributed by atoms with Gasteiger partial charge in [-0.05, 0) is 44.2 Å². The van der Waals surface area contributed by atoms with Crippen LogP contribution in [0.1, 0.15) is 21.7 Å². The Kier molecular flexibility index (Phi) is 6.63. The van der Waals surface area contributed by atoms with Gasteiger partial charge in [-0.1, -0.05) is 24.3 Å². The number of carbonyl (C=O) groups excluding carboxylic acids is 2. The van der Waals surface area contributed by atoms with Crippen LogP contribution in [0.2, 0.25) is 0 Å². The molecule has 2 amide bonds. The third-order valence-corrected chi connectivity index (χ3v) is 5.87. The molecular formula is C25H29N5O3. The Morgan fingerprint density at radius 2 is 1.70 bits per heavy atom. The number of ether oxygens (including phenoxy) is 1. The summed E-state index contributed by atoms with van der Waals surface area (Å²) in [5.74, 6) is 0.472. The van der Waals surface area contributed by atoms with Crippen LogP contribution in [0.15, 0.2) is 54.6 Å². The molecule has 0 unspecified atom stereocenters. The van der Waals surface area contributed by atoms with Gasteiger partial charge in [0.15, 0.2) is 0 Å². The molecule has 1 saturated heterocycles. The number of hydrogen-bond donors (Lipinski definition) is 1. The van der Waals surface area contributed by atoms with Crippen LogP contribution in [-0.4, -0.2) is 59.8 Å². The molecule has 1 N–H and O–H groups in total. The summed E-state index contributed by atoms with van der Waals surface area (Å²) in [4.78, 5) is 29.9. The maximum atomic E-state index is 13.1. The van der Waals surface area contributed by atoms with Crippen LogP contribution in [0.5, 0.6) is 5.75 Å². The zero-order valence-corrected chi connectivity index (χ0v) is 19.2. The first-order chi connectivity index (χ1) is 16.0. The van der Waals surface area contributed by atoms with Gasteiger partial charge in [-0.3, -0.25) is 14.3 Å². The molecular weight excluding hydrogens is 418 g/mol. The topological polar surface area (TPSA) is 79.7 Å². The Hall–Kier alpha value is -3.81. The molecule has 2 heterocycles. The van der Waals surface area contributed by atoms with Gasteiger partial charge < -0.3 is 19.9 Å². The van der Waals surface area contributed by atoms with Crippen molar-refractivity contribution in [2.75, 3.05) is 43.5 Å². The lowest BCUT2D eigenvalue weighted by atomic mass is 10.1. The predicted octanol–water partition coefficient (Wildman–Crippen LogP) is 3.11. The molecule has 8 heteroatoms. The van der Waals surface area contributed by atoms with Crippen molar-refractivity contribution in [3.63, 3.8) is 0 Å². The third kappa shape index (κ3) is 5.00. The first-order valence-corrected chi connectivity index (χ1v) is 11.0. The Morgan fingerprint density at radius 3 is 2.39 bits per heavy atom. The number of carbonyl (C=O) groups is 2. The van der Waals surface area contributed by atoms with Crippen molar-refractivity contribution in [3.05, 3.63) is 71.5 Å². The molecule has 0 bridgehead atoms. The Morgan fingerprint density at radius 1 is 1.00 bits per heavy atom. The van der Waals surface area contributed by atoms with E-state index in [9.17, 15) is 9.59 Å². The van der Waals surface area contributed by atoms with Crippen LogP contribution in [0.25, 0.3) is 0 Å². The van der Waals surface area contributed by atoms with Gasteiger partial charge in [-0.2, -0.15) is 5.10 Å². The highest BCUT2D eigenvalue weighted by Gasteiger charge is 2.25. The van der Waals surface area contributed by atoms with Crippen molar-refractivity contribution >= 4 is 23.2 Å². The zero-order valence-electron chi connectivity index (χ0n) is 19.2. The number of piperazine rings is 1. The Labute approximate surface area is 193 Å². The highest BCUT2D eigenvalue weighted by Crippen LogP contribution is 2.27. The summed E-state index contributed by atoms with van der Waals surface area (Å²) >= 11 is 0. The summed E-state index contributed by atoms with van der Waals surface area (Å²) in [5, 5.41) is 7.34. The van der Waals surface area contributed by atoms with Crippen molar-refractivity contribution in [2.45, 2.75) is 20.4 Å². The van der Waals surface area contributed by atoms with Crippen LogP contribution in [-0.2, 0) is 11.3 Å². The van der Waals surface area contributed by atoms with E-state index in [1.165, 1.54) is 0 Å². The number of aryl methyl sites for hydroxylation is 2. The Balaban J connectivity index is 1.42. The lowest BCUT2D eigenvalue weighted by Crippen LogP contribution is -2.50. The van der Waals surface area contributed by atoms with Crippen LogP contribution >= 0.6 is 0 Å². The molecule has 8 nitrogen and oxygen atoms in total. The van der Waals surface area contributed by atoms with E-state index in [4.69, 9.17) is 4.74 Å². The SMILES string of the molecule is COc1ccccc1NC(=O)c1ccccc1N1CCN(C(=O)Cn2nc(C)cc2C)CC1. The number of anilines is 2. The number of amides is 2. The minimum absolute atomic E-state index is 0.0584. The summed E-state index contributed by atoms with van der Waals surface area (Å²) < 4.78 is 7.10. The van der Waals surface area contributed by atoms with Gasteiger partial charge >= 0.3 is 0 Å². The molecule has 3 aromatic rings. The minimum Gasteiger partial charge on any atom is -0.495 e. The standard InChI is InChI=1S/C25H29N5O3/c1-18-16-19(2)30(27-18)17-24(31)29-14-12-28(13-15-29)22-10-6-4-8-20(22)25(32)26-21-9-5-7-11-23(21)33-3/h4-11,16H,12-15,17H2,1-3H3,(H,26,32). The molecule has 0 atom stereocenters. The average molecular weight is 448 g/mol. The molecule has 1 aliphatic heterocycles. The number of aromatic nitrogens is 2. The van der Waals surface area contributed by atoms with Crippen molar-refractivity contribution in [1.82, 2.24) is 14.7 Å². The fourth-order valence-electron chi connectivity index (χ4n) is 4.14. The number of methoxy groups -OCH3 is 1. The molecule has 2 aromatic carbocycles. The molecule has 1 aromatic heterocycles. The summed E-state index contributed by atoms with van der Waals surface area (Å²) in [6.45, 7) is 6.63. The number of benzene rings is 2. The fourth-order valence-corrected chi connectivity index (χ4v) is 4.14. The highest BCUT2D eigenvalue weighted by molar-refractivity contribution is 6.08. The molecule has 0 spiro atoms. The number of rotatable bonds is 6. The van der Waals surface area contributed by atoms with Crippen LogP contribution in [0, 0.1) is 13.8 Å². The quantitative estimate of drug-likeness (QED) is 0.628. The normalized spacial score (nSPS) is 13.7. The average Bonchev–Trinajstić information content (AvgIpc) is 3.15. The molecule has 1 aliphatic rings. The van der Waals surface area contributed by atoms with E-state index in [0.717, 1.165) is 17.1 Å². The van der Waals surface area contributed by atoms with Gasteiger partial charge in [0, 0.05) is 37.6 Å². The van der Waals surface area contributed by atoms with Crippen molar-refractivity contribution in [3.8, 4) is 5.75 Å². The smallest absolute Gasteiger partial charge is 0.257 e. The molecule has 33 heavy (non-hydrogen) atoms. The van der Waals surface area contributed by atoms with Crippen LogP contribution in [0.4, 0.5) is 11.4 Å². The molecule has 1 fully saturated rings. The van der Waals surface area contributed by atoms with E-state index in [0.29, 0.717) is 43.2 Å². The fraction of sp³-hybridized carbons (Fsp3) is 0.320. The number of hydrogen-bond acceptors (Lipinski definition) is 5. The predicted molar refractivity (Wildman–Crippen MR) is 128 cm³/mol. The maximum absolute atomic E-state index is 13.1. The number of nitrogens with one attached hydrogen (secondary N) is 1. The maximum Gasteiger partial charge on any atom is 0.257 e. The zero-order chi connectivity index (χ0) is 23.4. The minimum atomic E-state index is -0.196. The second-order valence-corrected chi connectivity index (χ2v) is 8.12. The van der Waals surface area contributed by atoms with E-state index in [-0.39, 0.29) is 18.4 Å². The van der Waals surface area contributed by atoms with Crippen LogP contribution < -0.4 is 15.0 Å². The molecule has 0 radical (unpaired) electrons. The van der Waals surface area contributed by atoms with E-state index in [1.54, 1.807) is 11.8 Å². The second kappa shape index (κ2) is 9.77. The lowest BCUT2D eigenvalue weighted by Gasteiger charge is -2.37. The number of para-hydroxylation sites is 3. The van der Waals surface area contributed by atoms with Gasteiger partial charge in [-0.25, -0.2) is 0 Å². The van der Waals surface area contributed by atoms with Gasteiger partial charge in [0.05, 0.1) is 24.1 Å². The highest BCUT2D eigenvalue weighted by atomic mass is 16.5. The molecule has 0 aliphatic carbocycles. The Bertz CT molecular complexity index is 1150. The summed E-state index contributed by atoms with van der Waals surface area (Å²) in [6, 6.07) is 16.9. The molecule has 4 rings (SSSR count). The third-order valence-electron chi connectivity index (χ3n) is 5.87. The van der Waals surface area contributed by atoms with Crippen molar-refractivity contribution < 1.29 is 14.3 Å². The van der Waals surface area contributed by atoms with Gasteiger partial charge in [0.2, 0.25) is 5.91 Å². The van der Waals surface area contributed by atoms with Gasteiger partial charge in [0.25, 0.3) is 5.91 Å². The monoisotopic (exact) mass is 447 g/mol. The summed E-state index contributed by atoms with van der Waals surface area (Å²) in [5.41, 5.74) is 3.96. The van der Waals surface area contributed by atoms with E-state index < -0.39 is 0 Å². The second-order valence-electron chi connectivity index (χ2n) is 8.12. The van der Waals surface area contributed by atoms with Gasteiger partial charge in [-0.15, -0.1) is 0 Å². The van der Waals surface area contributed by atoms with Crippen LogP contribution in [0.3, 0.4) is 0 Å². The summed E-state index contributed by atoms with van der Waals surface area (Å²) in [7, 11) is 1.58. The summed E-state index contributed by atoms with van der Waals surface area (Å²) in [6.07, 6.45) is 0. The molecule has 172 valence electrons. The van der Waals surface area contributed by atoms with Gasteiger partial charge in [0.1, 0.15) is 12.3 Å². The van der Waals surface area contributed by atoms with E-state index in [1.807, 2.05) is 73.3 Å².